The largest absolute Gasteiger partial charge is 0.490 e. The summed E-state index contributed by atoms with van der Waals surface area (Å²) in [6.07, 6.45) is 6.82. The summed E-state index contributed by atoms with van der Waals surface area (Å²) in [4.78, 5) is 50.1. The molecule has 0 spiro atoms. The third-order valence-corrected chi connectivity index (χ3v) is 6.46. The van der Waals surface area contributed by atoms with Crippen LogP contribution in [0, 0.1) is 10.1 Å². The van der Waals surface area contributed by atoms with Crippen molar-refractivity contribution in [1.29, 1.82) is 0 Å². The topological polar surface area (TPSA) is 128 Å². The molecule has 10 heteroatoms. The first-order valence-corrected chi connectivity index (χ1v) is 12.5. The predicted molar refractivity (Wildman–Crippen MR) is 140 cm³/mol. The second kappa shape index (κ2) is 11.7. The molecule has 0 bridgehead atoms. The van der Waals surface area contributed by atoms with E-state index in [2.05, 4.69) is 11.9 Å². The SMILES string of the molecule is C=CCc1cc(/C=C2\C(=O)NC(=O)N(C3CCCC3)C2=O)cc(OCC)c1OCc1cccc([N+](=O)[O-])c1. The van der Waals surface area contributed by atoms with Gasteiger partial charge in [-0.2, -0.15) is 0 Å². The normalized spacial score (nSPS) is 17.0. The minimum Gasteiger partial charge on any atom is -0.490 e. The molecular formula is C28H29N3O7. The van der Waals surface area contributed by atoms with Gasteiger partial charge in [-0.25, -0.2) is 4.79 Å². The lowest BCUT2D eigenvalue weighted by atomic mass is 10.0. The van der Waals surface area contributed by atoms with Crippen LogP contribution in [-0.2, 0) is 22.6 Å². The predicted octanol–water partition coefficient (Wildman–Crippen LogP) is 4.71. The molecule has 2 fully saturated rings. The van der Waals surface area contributed by atoms with E-state index in [1.165, 1.54) is 18.2 Å². The minimum atomic E-state index is -0.747. The number of allylic oxidation sites excluding steroid dienone is 1. The van der Waals surface area contributed by atoms with E-state index in [0.29, 0.717) is 41.2 Å². The first-order chi connectivity index (χ1) is 18.3. The second-order valence-electron chi connectivity index (χ2n) is 9.08. The van der Waals surface area contributed by atoms with Gasteiger partial charge in [0.2, 0.25) is 0 Å². The average Bonchev–Trinajstić information content (AvgIpc) is 3.41. The highest BCUT2D eigenvalue weighted by Gasteiger charge is 2.40. The number of nitro benzene ring substituents is 1. The summed E-state index contributed by atoms with van der Waals surface area (Å²) in [6, 6.07) is 8.67. The van der Waals surface area contributed by atoms with E-state index in [1.54, 1.807) is 30.3 Å². The van der Waals surface area contributed by atoms with E-state index in [9.17, 15) is 24.5 Å². The van der Waals surface area contributed by atoms with Crippen molar-refractivity contribution >= 4 is 29.6 Å². The molecular weight excluding hydrogens is 490 g/mol. The van der Waals surface area contributed by atoms with Crippen molar-refractivity contribution in [3.05, 3.63) is 81.4 Å². The highest BCUT2D eigenvalue weighted by Crippen LogP contribution is 2.36. The monoisotopic (exact) mass is 519 g/mol. The number of nitrogens with one attached hydrogen (secondary N) is 1. The Morgan fingerprint density at radius 2 is 1.92 bits per heavy atom. The standard InChI is InChI=1S/C28H29N3O7/c1-3-8-20-13-19(15-23-26(32)29-28(34)30(27(23)33)21-10-5-6-11-21)16-24(37-4-2)25(20)38-17-18-9-7-12-22(14-18)31(35)36/h3,7,9,12-16,21H,1,4-6,8,10-11,17H2,2H3,(H,29,32,34)/b23-15+. The number of imide groups is 2. The molecule has 198 valence electrons. The molecule has 0 unspecified atom stereocenters. The Morgan fingerprint density at radius 3 is 2.61 bits per heavy atom. The van der Waals surface area contributed by atoms with Crippen molar-refractivity contribution < 1.29 is 28.8 Å². The number of carbonyl (C=O) groups is 3. The Bertz CT molecular complexity index is 1310. The third kappa shape index (κ3) is 5.74. The lowest BCUT2D eigenvalue weighted by Gasteiger charge is -2.31. The van der Waals surface area contributed by atoms with Gasteiger partial charge in [-0.05, 0) is 55.5 Å². The van der Waals surface area contributed by atoms with Crippen LogP contribution in [0.15, 0.2) is 54.6 Å². The molecule has 1 saturated heterocycles. The first kappa shape index (κ1) is 26.6. The molecule has 1 heterocycles. The van der Waals surface area contributed by atoms with Gasteiger partial charge in [0.25, 0.3) is 17.5 Å². The van der Waals surface area contributed by atoms with Gasteiger partial charge >= 0.3 is 6.03 Å². The molecule has 4 amide bonds. The van der Waals surface area contributed by atoms with Crippen LogP contribution in [0.4, 0.5) is 10.5 Å². The van der Waals surface area contributed by atoms with Crippen LogP contribution in [-0.4, -0.2) is 40.3 Å². The zero-order valence-corrected chi connectivity index (χ0v) is 21.1. The molecule has 38 heavy (non-hydrogen) atoms. The molecule has 10 nitrogen and oxygen atoms in total. The van der Waals surface area contributed by atoms with Crippen molar-refractivity contribution in [2.24, 2.45) is 0 Å². The van der Waals surface area contributed by atoms with Gasteiger partial charge in [0.15, 0.2) is 11.5 Å². The van der Waals surface area contributed by atoms with Crippen molar-refractivity contribution in [3.8, 4) is 11.5 Å². The summed E-state index contributed by atoms with van der Waals surface area (Å²) in [7, 11) is 0. The molecule has 1 aliphatic carbocycles. The van der Waals surface area contributed by atoms with Crippen LogP contribution in [0.1, 0.15) is 49.3 Å². The second-order valence-corrected chi connectivity index (χ2v) is 9.08. The molecule has 2 aromatic rings. The van der Waals surface area contributed by atoms with E-state index in [0.717, 1.165) is 30.6 Å². The smallest absolute Gasteiger partial charge is 0.331 e. The molecule has 2 aromatic carbocycles. The summed E-state index contributed by atoms with van der Waals surface area (Å²) < 4.78 is 11.9. The van der Waals surface area contributed by atoms with Gasteiger partial charge in [0, 0.05) is 23.7 Å². The molecule has 1 N–H and O–H groups in total. The van der Waals surface area contributed by atoms with Gasteiger partial charge in [0.1, 0.15) is 12.2 Å². The Kier molecular flexibility index (Phi) is 8.20. The van der Waals surface area contributed by atoms with Crippen LogP contribution in [0.2, 0.25) is 0 Å². The maximum atomic E-state index is 13.2. The summed E-state index contributed by atoms with van der Waals surface area (Å²) in [6.45, 7) is 6.00. The Balaban J connectivity index is 1.68. The molecule has 0 atom stereocenters. The Morgan fingerprint density at radius 1 is 1.16 bits per heavy atom. The van der Waals surface area contributed by atoms with Gasteiger partial charge < -0.3 is 9.47 Å². The van der Waals surface area contributed by atoms with Gasteiger partial charge in [-0.3, -0.25) is 29.9 Å². The quantitative estimate of drug-likeness (QED) is 0.158. The van der Waals surface area contributed by atoms with Gasteiger partial charge in [0.05, 0.1) is 11.5 Å². The number of rotatable bonds is 10. The van der Waals surface area contributed by atoms with Gasteiger partial charge in [-0.1, -0.05) is 31.1 Å². The van der Waals surface area contributed by atoms with Crippen LogP contribution in [0.25, 0.3) is 6.08 Å². The number of ether oxygens (including phenoxy) is 2. The van der Waals surface area contributed by atoms with E-state index in [-0.39, 0.29) is 23.9 Å². The molecule has 0 aromatic heterocycles. The number of nitro groups is 1. The van der Waals surface area contributed by atoms with Crippen LogP contribution in [0.3, 0.4) is 0 Å². The summed E-state index contributed by atoms with van der Waals surface area (Å²) in [5.41, 5.74) is 1.65. The van der Waals surface area contributed by atoms with E-state index in [4.69, 9.17) is 9.47 Å². The maximum absolute atomic E-state index is 13.2. The van der Waals surface area contributed by atoms with E-state index in [1.807, 2.05) is 6.92 Å². The average molecular weight is 520 g/mol. The van der Waals surface area contributed by atoms with Crippen molar-refractivity contribution in [3.63, 3.8) is 0 Å². The number of hydrogen-bond donors (Lipinski definition) is 1. The van der Waals surface area contributed by atoms with Crippen molar-refractivity contribution in [2.75, 3.05) is 6.61 Å². The fourth-order valence-corrected chi connectivity index (χ4v) is 4.75. The third-order valence-electron chi connectivity index (χ3n) is 6.46. The lowest BCUT2D eigenvalue weighted by molar-refractivity contribution is -0.384. The molecule has 0 radical (unpaired) electrons. The number of amides is 4. The Hall–Kier alpha value is -4.47. The molecule has 1 aliphatic heterocycles. The number of nitrogens with zero attached hydrogens (tertiary/aromatic N) is 2. The zero-order valence-electron chi connectivity index (χ0n) is 21.1. The first-order valence-electron chi connectivity index (χ1n) is 12.5. The zero-order chi connectivity index (χ0) is 27.2. The number of non-ortho nitro benzene ring substituents is 1. The summed E-state index contributed by atoms with van der Waals surface area (Å²) in [5, 5.41) is 13.4. The molecule has 2 aliphatic rings. The number of barbiturate groups is 1. The van der Waals surface area contributed by atoms with Gasteiger partial charge in [-0.15, -0.1) is 6.58 Å². The fourth-order valence-electron chi connectivity index (χ4n) is 4.75. The van der Waals surface area contributed by atoms with Crippen LogP contribution < -0.4 is 14.8 Å². The van der Waals surface area contributed by atoms with Crippen LogP contribution in [0.5, 0.6) is 11.5 Å². The summed E-state index contributed by atoms with van der Waals surface area (Å²) in [5.74, 6) is -0.539. The number of benzene rings is 2. The summed E-state index contributed by atoms with van der Waals surface area (Å²) >= 11 is 0. The fraction of sp³-hybridized carbons (Fsp3) is 0.321. The number of hydrogen-bond acceptors (Lipinski definition) is 7. The highest BCUT2D eigenvalue weighted by atomic mass is 16.6. The molecule has 4 rings (SSSR count). The number of carbonyl (C=O) groups excluding carboxylic acids is 3. The van der Waals surface area contributed by atoms with Crippen molar-refractivity contribution in [2.45, 2.75) is 51.7 Å². The van der Waals surface area contributed by atoms with Crippen LogP contribution >= 0.6 is 0 Å². The Labute approximate surface area is 220 Å². The molecule has 1 saturated carbocycles. The van der Waals surface area contributed by atoms with E-state index < -0.39 is 22.8 Å². The lowest BCUT2D eigenvalue weighted by Crippen LogP contribution is -2.57. The minimum absolute atomic E-state index is 0.0371. The van der Waals surface area contributed by atoms with E-state index >= 15 is 0 Å². The highest BCUT2D eigenvalue weighted by molar-refractivity contribution is 6.31. The number of urea groups is 1. The van der Waals surface area contributed by atoms with Crippen molar-refractivity contribution in [1.82, 2.24) is 10.2 Å². The maximum Gasteiger partial charge on any atom is 0.331 e.